The van der Waals surface area contributed by atoms with E-state index >= 15 is 0 Å². The lowest BCUT2D eigenvalue weighted by Gasteiger charge is -2.31. The van der Waals surface area contributed by atoms with Crippen molar-refractivity contribution in [3.8, 4) is 11.5 Å². The highest BCUT2D eigenvalue weighted by atomic mass is 32.2. The number of hydrogen-bond donors (Lipinski definition) is 1. The van der Waals surface area contributed by atoms with Gasteiger partial charge in [-0.25, -0.2) is 8.42 Å². The first-order chi connectivity index (χ1) is 14.8. The first-order valence-electron chi connectivity index (χ1n) is 9.90. The number of anilines is 1. The summed E-state index contributed by atoms with van der Waals surface area (Å²) in [5, 5.41) is 2.80. The maximum absolute atomic E-state index is 13.3. The average molecular weight is 447 g/mol. The molecule has 0 aliphatic carbocycles. The number of Topliss-reactive ketones (excluding diaryl/α,β-unsaturated/α-hetero) is 1. The number of ether oxygens (including phenoxy) is 2. The molecule has 0 unspecified atom stereocenters. The van der Waals surface area contributed by atoms with Crippen LogP contribution in [-0.4, -0.2) is 51.7 Å². The number of carbonyl (C=O) groups excluding carboxylic acids is 2. The van der Waals surface area contributed by atoms with Crippen LogP contribution in [0.1, 0.15) is 30.1 Å². The van der Waals surface area contributed by atoms with E-state index < -0.39 is 15.9 Å². The maximum atomic E-state index is 13.3. The Bertz CT molecular complexity index is 1080. The smallest absolute Gasteiger partial charge is 0.246 e. The van der Waals surface area contributed by atoms with E-state index in [1.165, 1.54) is 31.5 Å². The predicted octanol–water partition coefficient (Wildman–Crippen LogP) is 2.95. The van der Waals surface area contributed by atoms with E-state index in [0.717, 1.165) is 0 Å². The molecule has 1 saturated heterocycles. The third-order valence-corrected chi connectivity index (χ3v) is 7.17. The molecule has 0 saturated carbocycles. The summed E-state index contributed by atoms with van der Waals surface area (Å²) in [6, 6.07) is 11.3. The minimum Gasteiger partial charge on any atom is -0.497 e. The Morgan fingerprint density at radius 3 is 2.55 bits per heavy atom. The van der Waals surface area contributed by atoms with E-state index in [4.69, 9.17) is 9.47 Å². The molecule has 1 amide bonds. The van der Waals surface area contributed by atoms with E-state index in [2.05, 4.69) is 5.32 Å². The second-order valence-corrected chi connectivity index (χ2v) is 9.25. The molecule has 0 radical (unpaired) electrons. The van der Waals surface area contributed by atoms with Gasteiger partial charge in [-0.1, -0.05) is 12.1 Å². The highest BCUT2D eigenvalue weighted by Gasteiger charge is 2.35. The highest BCUT2D eigenvalue weighted by molar-refractivity contribution is 7.89. The van der Waals surface area contributed by atoms with Crippen LogP contribution >= 0.6 is 0 Å². The lowest BCUT2D eigenvalue weighted by atomic mass is 9.98. The lowest BCUT2D eigenvalue weighted by molar-refractivity contribution is -0.120. The van der Waals surface area contributed by atoms with Crippen molar-refractivity contribution >= 4 is 27.4 Å². The molecule has 1 N–H and O–H groups in total. The molecule has 2 aromatic carbocycles. The van der Waals surface area contributed by atoms with Gasteiger partial charge in [-0.05, 0) is 44.0 Å². The molecule has 166 valence electrons. The minimum atomic E-state index is -3.89. The molecule has 0 bridgehead atoms. The number of rotatable bonds is 7. The molecule has 9 heteroatoms. The van der Waals surface area contributed by atoms with Gasteiger partial charge in [-0.2, -0.15) is 4.31 Å². The molecular formula is C22H26N2O6S. The van der Waals surface area contributed by atoms with Crippen LogP contribution in [0.2, 0.25) is 0 Å². The van der Waals surface area contributed by atoms with Crippen molar-refractivity contribution in [2.24, 2.45) is 5.92 Å². The van der Waals surface area contributed by atoms with Crippen molar-refractivity contribution in [1.82, 2.24) is 4.31 Å². The van der Waals surface area contributed by atoms with Crippen LogP contribution in [0.25, 0.3) is 0 Å². The summed E-state index contributed by atoms with van der Waals surface area (Å²) < 4.78 is 38.3. The zero-order valence-corrected chi connectivity index (χ0v) is 18.6. The standard InChI is InChI=1S/C22H26N2O6S/c1-15(25)16-6-4-8-18(12-16)23-22(26)17-7-5-11-24(14-17)31(27,28)21-13-19(29-2)9-10-20(21)30-3/h4,6,8-10,12-13,17H,5,7,11,14H2,1-3H3,(H,23,26)/t17-/m1/s1. The molecule has 1 fully saturated rings. The number of piperidine rings is 1. The van der Waals surface area contributed by atoms with E-state index in [1.54, 1.807) is 36.4 Å². The summed E-state index contributed by atoms with van der Waals surface area (Å²) in [6.07, 6.45) is 1.12. The van der Waals surface area contributed by atoms with Gasteiger partial charge in [0, 0.05) is 30.4 Å². The van der Waals surface area contributed by atoms with Crippen LogP contribution in [0.3, 0.4) is 0 Å². The summed E-state index contributed by atoms with van der Waals surface area (Å²) in [5.41, 5.74) is 1.00. The normalized spacial score (nSPS) is 17.1. The maximum Gasteiger partial charge on any atom is 0.246 e. The fourth-order valence-electron chi connectivity index (χ4n) is 3.56. The Balaban J connectivity index is 1.79. The monoisotopic (exact) mass is 446 g/mol. The molecular weight excluding hydrogens is 420 g/mol. The minimum absolute atomic E-state index is 0.00423. The number of carbonyl (C=O) groups is 2. The first-order valence-corrected chi connectivity index (χ1v) is 11.3. The summed E-state index contributed by atoms with van der Waals surface area (Å²) in [5.74, 6) is -0.276. The molecule has 2 aromatic rings. The molecule has 1 atom stereocenters. The molecule has 31 heavy (non-hydrogen) atoms. The first kappa shape index (κ1) is 22.8. The Labute approximate surface area is 182 Å². The fourth-order valence-corrected chi connectivity index (χ4v) is 5.25. The number of hydrogen-bond acceptors (Lipinski definition) is 6. The lowest BCUT2D eigenvalue weighted by Crippen LogP contribution is -2.43. The second kappa shape index (κ2) is 9.49. The van der Waals surface area contributed by atoms with Crippen LogP contribution in [0.15, 0.2) is 47.4 Å². The number of nitrogens with one attached hydrogen (secondary N) is 1. The molecule has 1 aliphatic rings. The quantitative estimate of drug-likeness (QED) is 0.656. The van der Waals surface area contributed by atoms with Gasteiger partial charge in [0.15, 0.2) is 5.78 Å². The Kier molecular flexibility index (Phi) is 6.97. The molecule has 1 aliphatic heterocycles. The molecule has 0 spiro atoms. The van der Waals surface area contributed by atoms with E-state index in [-0.39, 0.29) is 28.9 Å². The van der Waals surface area contributed by atoms with Gasteiger partial charge in [0.2, 0.25) is 15.9 Å². The number of nitrogens with zero attached hydrogens (tertiary/aromatic N) is 1. The number of amides is 1. The average Bonchev–Trinajstić information content (AvgIpc) is 2.78. The van der Waals surface area contributed by atoms with Gasteiger partial charge in [0.05, 0.1) is 20.1 Å². The zero-order chi connectivity index (χ0) is 22.6. The SMILES string of the molecule is COc1ccc(OC)c(S(=O)(=O)N2CCC[C@@H](C(=O)Nc3cccc(C(C)=O)c3)C2)c1. The summed E-state index contributed by atoms with van der Waals surface area (Å²) in [6.45, 7) is 1.82. The molecule has 1 heterocycles. The Morgan fingerprint density at radius 1 is 1.10 bits per heavy atom. The summed E-state index contributed by atoms with van der Waals surface area (Å²) in [7, 11) is -1.03. The fraction of sp³-hybridized carbons (Fsp3) is 0.364. The topological polar surface area (TPSA) is 102 Å². The van der Waals surface area contributed by atoms with Crippen molar-refractivity contribution in [1.29, 1.82) is 0 Å². The van der Waals surface area contributed by atoms with Crippen molar-refractivity contribution < 1.29 is 27.5 Å². The number of sulfonamides is 1. The zero-order valence-electron chi connectivity index (χ0n) is 17.8. The van der Waals surface area contributed by atoms with Crippen LogP contribution in [0.5, 0.6) is 11.5 Å². The van der Waals surface area contributed by atoms with E-state index in [0.29, 0.717) is 36.4 Å². The van der Waals surface area contributed by atoms with Gasteiger partial charge in [0.1, 0.15) is 16.4 Å². The number of ketones is 1. The Hall–Kier alpha value is -2.91. The number of benzene rings is 2. The van der Waals surface area contributed by atoms with Gasteiger partial charge >= 0.3 is 0 Å². The third-order valence-electron chi connectivity index (χ3n) is 5.28. The van der Waals surface area contributed by atoms with E-state index in [9.17, 15) is 18.0 Å². The van der Waals surface area contributed by atoms with Crippen molar-refractivity contribution in [3.63, 3.8) is 0 Å². The molecule has 0 aromatic heterocycles. The summed E-state index contributed by atoms with van der Waals surface area (Å²) >= 11 is 0. The van der Waals surface area contributed by atoms with E-state index in [1.807, 2.05) is 0 Å². The van der Waals surface area contributed by atoms with Crippen LogP contribution in [0, 0.1) is 5.92 Å². The van der Waals surface area contributed by atoms with Crippen LogP contribution < -0.4 is 14.8 Å². The van der Waals surface area contributed by atoms with Crippen molar-refractivity contribution in [2.75, 3.05) is 32.6 Å². The van der Waals surface area contributed by atoms with Gasteiger partial charge in [-0.15, -0.1) is 0 Å². The number of methoxy groups -OCH3 is 2. The van der Waals surface area contributed by atoms with Crippen LogP contribution in [-0.2, 0) is 14.8 Å². The molecule has 3 rings (SSSR count). The van der Waals surface area contributed by atoms with Gasteiger partial charge < -0.3 is 14.8 Å². The van der Waals surface area contributed by atoms with Crippen molar-refractivity contribution in [2.45, 2.75) is 24.7 Å². The van der Waals surface area contributed by atoms with Gasteiger partial charge in [-0.3, -0.25) is 9.59 Å². The van der Waals surface area contributed by atoms with Gasteiger partial charge in [0.25, 0.3) is 0 Å². The second-order valence-electron chi connectivity index (χ2n) is 7.35. The third kappa shape index (κ3) is 5.05. The Morgan fingerprint density at radius 2 is 1.87 bits per heavy atom. The highest BCUT2D eigenvalue weighted by Crippen LogP contribution is 2.33. The van der Waals surface area contributed by atoms with Crippen molar-refractivity contribution in [3.05, 3.63) is 48.0 Å². The predicted molar refractivity (Wildman–Crippen MR) is 116 cm³/mol. The largest absolute Gasteiger partial charge is 0.497 e. The summed E-state index contributed by atoms with van der Waals surface area (Å²) in [4.78, 5) is 24.4. The molecule has 8 nitrogen and oxygen atoms in total. The van der Waals surface area contributed by atoms with Crippen LogP contribution in [0.4, 0.5) is 5.69 Å².